The molecule has 1 aromatic carbocycles. The highest BCUT2D eigenvalue weighted by Gasteiger charge is 2.17. The molecule has 0 unspecified atom stereocenters. The number of pyridine rings is 1. The molecule has 1 atom stereocenters. The second kappa shape index (κ2) is 9.55. The van der Waals surface area contributed by atoms with Gasteiger partial charge in [0.2, 0.25) is 5.91 Å². The SMILES string of the molecule is Cl.NCC(=O)N[C@H](COC(=O)c1cccnc1)c1ccccc1. The molecule has 0 fully saturated rings. The molecular weight excluding hydrogens is 318 g/mol. The van der Waals surface area contributed by atoms with Crippen molar-refractivity contribution in [2.45, 2.75) is 6.04 Å². The van der Waals surface area contributed by atoms with Crippen LogP contribution < -0.4 is 11.1 Å². The van der Waals surface area contributed by atoms with Crippen LogP contribution in [0, 0.1) is 0 Å². The van der Waals surface area contributed by atoms with Crippen LogP contribution in [0.1, 0.15) is 22.0 Å². The highest BCUT2D eigenvalue weighted by atomic mass is 35.5. The molecule has 0 spiro atoms. The lowest BCUT2D eigenvalue weighted by Gasteiger charge is -2.19. The first-order valence-corrected chi connectivity index (χ1v) is 6.82. The molecule has 1 heterocycles. The lowest BCUT2D eigenvalue weighted by atomic mass is 10.1. The van der Waals surface area contributed by atoms with Crippen LogP contribution in [-0.4, -0.2) is 30.0 Å². The Morgan fingerprint density at radius 3 is 2.52 bits per heavy atom. The van der Waals surface area contributed by atoms with Crippen molar-refractivity contribution in [3.8, 4) is 0 Å². The highest BCUT2D eigenvalue weighted by Crippen LogP contribution is 2.13. The molecule has 122 valence electrons. The number of carbonyl (C=O) groups excluding carboxylic acids is 2. The van der Waals surface area contributed by atoms with E-state index in [0.717, 1.165) is 5.56 Å². The summed E-state index contributed by atoms with van der Waals surface area (Å²) in [6, 6.07) is 12.1. The lowest BCUT2D eigenvalue weighted by Crippen LogP contribution is -2.36. The minimum atomic E-state index is -0.490. The summed E-state index contributed by atoms with van der Waals surface area (Å²) in [4.78, 5) is 27.3. The molecule has 2 rings (SSSR count). The maximum Gasteiger partial charge on any atom is 0.339 e. The summed E-state index contributed by atoms with van der Waals surface area (Å²) >= 11 is 0. The van der Waals surface area contributed by atoms with Crippen molar-refractivity contribution >= 4 is 24.3 Å². The Morgan fingerprint density at radius 2 is 1.91 bits per heavy atom. The molecule has 23 heavy (non-hydrogen) atoms. The van der Waals surface area contributed by atoms with Crippen LogP contribution in [0.15, 0.2) is 54.9 Å². The predicted octanol–water partition coefficient (Wildman–Crippen LogP) is 1.48. The van der Waals surface area contributed by atoms with Gasteiger partial charge in [-0.15, -0.1) is 12.4 Å². The van der Waals surface area contributed by atoms with Gasteiger partial charge in [-0.1, -0.05) is 30.3 Å². The highest BCUT2D eigenvalue weighted by molar-refractivity contribution is 5.89. The molecule has 0 aliphatic heterocycles. The fraction of sp³-hybridized carbons (Fsp3) is 0.188. The summed E-state index contributed by atoms with van der Waals surface area (Å²) in [6.45, 7) is -0.108. The van der Waals surface area contributed by atoms with Crippen molar-refractivity contribution in [1.29, 1.82) is 0 Å². The lowest BCUT2D eigenvalue weighted by molar-refractivity contribution is -0.120. The van der Waals surface area contributed by atoms with Crippen LogP contribution in [-0.2, 0) is 9.53 Å². The van der Waals surface area contributed by atoms with Crippen LogP contribution in [0.4, 0.5) is 0 Å². The van der Waals surface area contributed by atoms with Crippen molar-refractivity contribution < 1.29 is 14.3 Å². The van der Waals surface area contributed by atoms with E-state index in [4.69, 9.17) is 10.5 Å². The second-order valence-corrected chi connectivity index (χ2v) is 4.58. The Kier molecular flexibility index (Phi) is 7.73. The Morgan fingerprint density at radius 1 is 1.17 bits per heavy atom. The Bertz CT molecular complexity index is 623. The maximum atomic E-state index is 11.9. The number of nitrogens with zero attached hydrogens (tertiary/aromatic N) is 1. The zero-order chi connectivity index (χ0) is 15.8. The largest absolute Gasteiger partial charge is 0.459 e. The van der Waals surface area contributed by atoms with E-state index in [-0.39, 0.29) is 31.5 Å². The van der Waals surface area contributed by atoms with Gasteiger partial charge in [0.1, 0.15) is 6.61 Å². The molecule has 0 radical (unpaired) electrons. The van der Waals surface area contributed by atoms with Gasteiger partial charge in [0, 0.05) is 12.4 Å². The standard InChI is InChI=1S/C16H17N3O3.ClH/c17-9-15(20)19-14(12-5-2-1-3-6-12)11-22-16(21)13-7-4-8-18-10-13;/h1-8,10,14H,9,11,17H2,(H,19,20);1H/t14-;/m1./s1. The fourth-order valence-corrected chi connectivity index (χ4v) is 1.89. The van der Waals surface area contributed by atoms with Gasteiger partial charge in [-0.25, -0.2) is 4.79 Å². The van der Waals surface area contributed by atoms with E-state index in [1.165, 1.54) is 6.20 Å². The molecule has 6 nitrogen and oxygen atoms in total. The van der Waals surface area contributed by atoms with Gasteiger partial charge < -0.3 is 15.8 Å². The number of rotatable bonds is 6. The zero-order valence-corrected chi connectivity index (χ0v) is 13.2. The monoisotopic (exact) mass is 335 g/mol. The van der Waals surface area contributed by atoms with Crippen LogP contribution in [0.3, 0.4) is 0 Å². The third-order valence-corrected chi connectivity index (χ3v) is 3.00. The van der Waals surface area contributed by atoms with Gasteiger partial charge in [-0.2, -0.15) is 0 Å². The molecule has 1 aromatic heterocycles. The van der Waals surface area contributed by atoms with Gasteiger partial charge in [0.15, 0.2) is 0 Å². The molecule has 7 heteroatoms. The smallest absolute Gasteiger partial charge is 0.339 e. The van der Waals surface area contributed by atoms with Gasteiger partial charge in [-0.05, 0) is 17.7 Å². The number of benzene rings is 1. The third kappa shape index (κ3) is 5.69. The van der Waals surface area contributed by atoms with E-state index < -0.39 is 12.0 Å². The van der Waals surface area contributed by atoms with E-state index in [1.54, 1.807) is 18.3 Å². The summed E-state index contributed by atoms with van der Waals surface area (Å²) in [5, 5.41) is 2.73. The number of nitrogens with one attached hydrogen (secondary N) is 1. The van der Waals surface area contributed by atoms with Crippen LogP contribution >= 0.6 is 12.4 Å². The minimum Gasteiger partial charge on any atom is -0.459 e. The van der Waals surface area contributed by atoms with Gasteiger partial charge in [0.25, 0.3) is 0 Å². The second-order valence-electron chi connectivity index (χ2n) is 4.58. The molecule has 2 aromatic rings. The summed E-state index contributed by atoms with van der Waals surface area (Å²) < 4.78 is 5.26. The van der Waals surface area contributed by atoms with Crippen LogP contribution in [0.25, 0.3) is 0 Å². The molecule has 0 bridgehead atoms. The third-order valence-electron chi connectivity index (χ3n) is 3.00. The van der Waals surface area contributed by atoms with Crippen molar-refractivity contribution in [1.82, 2.24) is 10.3 Å². The number of ether oxygens (including phenoxy) is 1. The first-order valence-electron chi connectivity index (χ1n) is 6.82. The van der Waals surface area contributed by atoms with E-state index in [2.05, 4.69) is 10.3 Å². The summed E-state index contributed by atoms with van der Waals surface area (Å²) in [7, 11) is 0. The van der Waals surface area contributed by atoms with Gasteiger partial charge >= 0.3 is 5.97 Å². The fourth-order valence-electron chi connectivity index (χ4n) is 1.89. The van der Waals surface area contributed by atoms with Crippen LogP contribution in [0.2, 0.25) is 0 Å². The predicted molar refractivity (Wildman–Crippen MR) is 88.1 cm³/mol. The van der Waals surface area contributed by atoms with Gasteiger partial charge in [-0.3, -0.25) is 9.78 Å². The normalized spacial score (nSPS) is 11.0. The first kappa shape index (κ1) is 18.6. The Balaban J connectivity index is 0.00000264. The van der Waals surface area contributed by atoms with Crippen molar-refractivity contribution in [2.75, 3.05) is 13.2 Å². The number of amides is 1. The molecule has 0 saturated carbocycles. The minimum absolute atomic E-state index is 0. The number of halogens is 1. The summed E-state index contributed by atoms with van der Waals surface area (Å²) in [5.74, 6) is -0.803. The quantitative estimate of drug-likeness (QED) is 0.780. The summed E-state index contributed by atoms with van der Waals surface area (Å²) in [5.41, 5.74) is 6.51. The molecule has 0 aliphatic rings. The van der Waals surface area contributed by atoms with Gasteiger partial charge in [0.05, 0.1) is 18.2 Å². The van der Waals surface area contributed by atoms with E-state index in [1.807, 2.05) is 30.3 Å². The van der Waals surface area contributed by atoms with E-state index in [0.29, 0.717) is 5.56 Å². The Labute approximate surface area is 140 Å². The molecule has 0 aliphatic carbocycles. The number of aromatic nitrogens is 1. The number of esters is 1. The number of hydrogen-bond acceptors (Lipinski definition) is 5. The number of carbonyl (C=O) groups is 2. The first-order chi connectivity index (χ1) is 10.7. The molecule has 1 amide bonds. The average Bonchev–Trinajstić information content (AvgIpc) is 2.59. The zero-order valence-electron chi connectivity index (χ0n) is 12.3. The van der Waals surface area contributed by atoms with Crippen molar-refractivity contribution in [3.63, 3.8) is 0 Å². The average molecular weight is 336 g/mol. The summed E-state index contributed by atoms with van der Waals surface area (Å²) in [6.07, 6.45) is 3.00. The molecular formula is C16H18ClN3O3. The molecule has 0 saturated heterocycles. The van der Waals surface area contributed by atoms with Crippen molar-refractivity contribution in [3.05, 3.63) is 66.0 Å². The van der Waals surface area contributed by atoms with Crippen molar-refractivity contribution in [2.24, 2.45) is 5.73 Å². The number of nitrogens with two attached hydrogens (primary N) is 1. The topological polar surface area (TPSA) is 94.3 Å². The number of hydrogen-bond donors (Lipinski definition) is 2. The van der Waals surface area contributed by atoms with Crippen LogP contribution in [0.5, 0.6) is 0 Å². The maximum absolute atomic E-state index is 11.9. The Hall–Kier alpha value is -2.44. The van der Waals surface area contributed by atoms with E-state index in [9.17, 15) is 9.59 Å². The molecule has 3 N–H and O–H groups in total. The van der Waals surface area contributed by atoms with E-state index >= 15 is 0 Å².